The molecule has 0 atom stereocenters. The van der Waals surface area contributed by atoms with Crippen molar-refractivity contribution in [2.24, 2.45) is 0 Å². The van der Waals surface area contributed by atoms with Crippen molar-refractivity contribution in [3.05, 3.63) is 34.7 Å². The molecular weight excluding hydrogens is 344 g/mol. The summed E-state index contributed by atoms with van der Waals surface area (Å²) in [6.45, 7) is 3.73. The SMILES string of the molecule is CCn1c(C(=O)OC)c(Cl)c2c1-c1ccncc1OC21CCOCC1. The molecule has 2 aromatic rings. The molecule has 0 unspecified atom stereocenters. The number of pyridine rings is 1. The molecule has 4 heterocycles. The van der Waals surface area contributed by atoms with Crippen molar-refractivity contribution in [3.63, 3.8) is 0 Å². The van der Waals surface area contributed by atoms with Gasteiger partial charge in [-0.05, 0) is 13.0 Å². The highest BCUT2D eigenvalue weighted by molar-refractivity contribution is 6.35. The molecule has 0 aliphatic carbocycles. The van der Waals surface area contributed by atoms with Crippen molar-refractivity contribution in [1.29, 1.82) is 0 Å². The molecule has 2 aliphatic heterocycles. The van der Waals surface area contributed by atoms with E-state index in [4.69, 9.17) is 25.8 Å². The smallest absolute Gasteiger partial charge is 0.356 e. The highest BCUT2D eigenvalue weighted by Gasteiger charge is 2.47. The second-order valence-electron chi connectivity index (χ2n) is 6.20. The molecule has 0 amide bonds. The molecule has 1 spiro atoms. The first-order valence-electron chi connectivity index (χ1n) is 8.35. The molecule has 4 rings (SSSR count). The molecular formula is C18H19ClN2O4. The minimum Gasteiger partial charge on any atom is -0.480 e. The molecule has 0 N–H and O–H groups in total. The monoisotopic (exact) mass is 362 g/mol. The van der Waals surface area contributed by atoms with E-state index in [0.29, 0.717) is 49.1 Å². The van der Waals surface area contributed by atoms with Crippen LogP contribution in [-0.4, -0.2) is 35.8 Å². The van der Waals surface area contributed by atoms with E-state index in [9.17, 15) is 4.79 Å². The van der Waals surface area contributed by atoms with E-state index in [2.05, 4.69) is 4.98 Å². The molecule has 1 saturated heterocycles. The van der Waals surface area contributed by atoms with E-state index < -0.39 is 11.6 Å². The molecule has 0 bridgehead atoms. The Morgan fingerprint density at radius 3 is 2.88 bits per heavy atom. The maximum Gasteiger partial charge on any atom is 0.356 e. The lowest BCUT2D eigenvalue weighted by Gasteiger charge is -2.41. The second-order valence-corrected chi connectivity index (χ2v) is 6.58. The lowest BCUT2D eigenvalue weighted by atomic mass is 9.82. The van der Waals surface area contributed by atoms with Crippen molar-refractivity contribution >= 4 is 17.6 Å². The van der Waals surface area contributed by atoms with E-state index >= 15 is 0 Å². The number of hydrogen-bond donors (Lipinski definition) is 0. The molecule has 0 aromatic carbocycles. The van der Waals surface area contributed by atoms with Gasteiger partial charge in [-0.2, -0.15) is 0 Å². The third-order valence-corrected chi connectivity index (χ3v) is 5.37. The number of hydrogen-bond acceptors (Lipinski definition) is 5. The summed E-state index contributed by atoms with van der Waals surface area (Å²) >= 11 is 6.73. The number of nitrogens with zero attached hydrogens (tertiary/aromatic N) is 2. The molecule has 0 saturated carbocycles. The normalized spacial score (nSPS) is 17.6. The lowest BCUT2D eigenvalue weighted by Crippen LogP contribution is -2.41. The summed E-state index contributed by atoms with van der Waals surface area (Å²) in [5.74, 6) is 0.260. The maximum absolute atomic E-state index is 12.4. The Hall–Kier alpha value is -2.05. The topological polar surface area (TPSA) is 62.6 Å². The summed E-state index contributed by atoms with van der Waals surface area (Å²) in [6.07, 6.45) is 4.77. The van der Waals surface area contributed by atoms with Crippen LogP contribution in [0.15, 0.2) is 18.5 Å². The Bertz CT molecular complexity index is 840. The van der Waals surface area contributed by atoms with Crippen LogP contribution in [0.2, 0.25) is 5.02 Å². The second kappa shape index (κ2) is 6.04. The fourth-order valence-electron chi connectivity index (χ4n) is 3.87. The Labute approximate surface area is 150 Å². The zero-order valence-corrected chi connectivity index (χ0v) is 14.9. The number of fused-ring (bicyclic) bond motifs is 4. The van der Waals surface area contributed by atoms with Crippen molar-refractivity contribution < 1.29 is 19.0 Å². The van der Waals surface area contributed by atoms with Gasteiger partial charge in [-0.1, -0.05) is 11.6 Å². The van der Waals surface area contributed by atoms with E-state index in [-0.39, 0.29) is 0 Å². The van der Waals surface area contributed by atoms with Gasteiger partial charge in [0, 0.05) is 36.7 Å². The fourth-order valence-corrected chi connectivity index (χ4v) is 4.31. The van der Waals surface area contributed by atoms with Crippen LogP contribution in [0.1, 0.15) is 35.8 Å². The van der Waals surface area contributed by atoms with Crippen LogP contribution in [-0.2, 0) is 21.6 Å². The first-order chi connectivity index (χ1) is 12.1. The van der Waals surface area contributed by atoms with Crippen LogP contribution in [0.5, 0.6) is 5.75 Å². The molecule has 132 valence electrons. The van der Waals surface area contributed by atoms with Crippen LogP contribution >= 0.6 is 11.6 Å². The Morgan fingerprint density at radius 2 is 2.20 bits per heavy atom. The quantitative estimate of drug-likeness (QED) is 0.766. The molecule has 7 heteroatoms. The van der Waals surface area contributed by atoms with Gasteiger partial charge in [-0.15, -0.1) is 0 Å². The van der Waals surface area contributed by atoms with Gasteiger partial charge in [0.2, 0.25) is 0 Å². The zero-order chi connectivity index (χ0) is 17.6. The summed E-state index contributed by atoms with van der Waals surface area (Å²) in [5, 5.41) is 0.410. The third kappa shape index (κ3) is 2.28. The number of ether oxygens (including phenoxy) is 3. The van der Waals surface area contributed by atoms with Crippen LogP contribution < -0.4 is 4.74 Å². The molecule has 2 aliphatic rings. The van der Waals surface area contributed by atoms with Crippen LogP contribution in [0.3, 0.4) is 0 Å². The van der Waals surface area contributed by atoms with Crippen LogP contribution in [0.25, 0.3) is 11.3 Å². The van der Waals surface area contributed by atoms with Gasteiger partial charge in [0.1, 0.15) is 17.0 Å². The lowest BCUT2D eigenvalue weighted by molar-refractivity contribution is -0.0516. The summed E-state index contributed by atoms with van der Waals surface area (Å²) in [7, 11) is 1.36. The van der Waals surface area contributed by atoms with Gasteiger partial charge in [0.05, 0.1) is 37.2 Å². The minimum atomic E-state index is -0.607. The first-order valence-corrected chi connectivity index (χ1v) is 8.72. The molecule has 0 radical (unpaired) electrons. The maximum atomic E-state index is 12.4. The van der Waals surface area contributed by atoms with Gasteiger partial charge in [-0.25, -0.2) is 4.79 Å². The molecule has 6 nitrogen and oxygen atoms in total. The van der Waals surface area contributed by atoms with Crippen molar-refractivity contribution in [2.75, 3.05) is 20.3 Å². The number of carbonyl (C=O) groups excluding carboxylic acids is 1. The van der Waals surface area contributed by atoms with E-state index in [1.807, 2.05) is 17.6 Å². The number of aromatic nitrogens is 2. The van der Waals surface area contributed by atoms with Crippen LogP contribution in [0, 0.1) is 0 Å². The van der Waals surface area contributed by atoms with Crippen molar-refractivity contribution in [2.45, 2.75) is 31.9 Å². The number of rotatable bonds is 2. The fraction of sp³-hybridized carbons (Fsp3) is 0.444. The zero-order valence-electron chi connectivity index (χ0n) is 14.2. The molecule has 2 aromatic heterocycles. The number of carbonyl (C=O) groups is 1. The Kier molecular flexibility index (Phi) is 3.96. The average molecular weight is 363 g/mol. The van der Waals surface area contributed by atoms with Gasteiger partial charge >= 0.3 is 5.97 Å². The Morgan fingerprint density at radius 1 is 1.44 bits per heavy atom. The molecule has 1 fully saturated rings. The minimum absolute atomic E-state index is 0.371. The van der Waals surface area contributed by atoms with E-state index in [1.165, 1.54) is 7.11 Å². The van der Waals surface area contributed by atoms with Crippen molar-refractivity contribution in [3.8, 4) is 17.0 Å². The largest absolute Gasteiger partial charge is 0.480 e. The van der Waals surface area contributed by atoms with Crippen molar-refractivity contribution in [1.82, 2.24) is 9.55 Å². The number of methoxy groups -OCH3 is 1. The van der Waals surface area contributed by atoms with Gasteiger partial charge in [-0.3, -0.25) is 4.98 Å². The predicted molar refractivity (Wildman–Crippen MR) is 92.0 cm³/mol. The Balaban J connectivity index is 2.06. The first kappa shape index (κ1) is 16.4. The molecule has 25 heavy (non-hydrogen) atoms. The number of esters is 1. The summed E-state index contributed by atoms with van der Waals surface area (Å²) in [5.41, 5.74) is 2.43. The highest BCUT2D eigenvalue weighted by Crippen LogP contribution is 2.53. The van der Waals surface area contributed by atoms with Gasteiger partial charge in [0.25, 0.3) is 0 Å². The predicted octanol–water partition coefficient (Wildman–Crippen LogP) is 3.41. The summed E-state index contributed by atoms with van der Waals surface area (Å²) < 4.78 is 18.8. The summed E-state index contributed by atoms with van der Waals surface area (Å²) in [4.78, 5) is 16.6. The van der Waals surface area contributed by atoms with E-state index in [1.54, 1.807) is 12.4 Å². The van der Waals surface area contributed by atoms with Gasteiger partial charge in [0.15, 0.2) is 0 Å². The van der Waals surface area contributed by atoms with E-state index in [0.717, 1.165) is 16.8 Å². The highest BCUT2D eigenvalue weighted by atomic mass is 35.5. The number of halogens is 1. The average Bonchev–Trinajstić information content (AvgIpc) is 2.95. The standard InChI is InChI=1S/C18H19ClN2O4/c1-3-21-15-11-4-7-20-10-12(11)25-18(5-8-24-9-6-18)13(15)14(19)16(21)17(22)23-2/h4,7,10H,3,5-6,8-9H2,1-2H3. The summed E-state index contributed by atoms with van der Waals surface area (Å²) in [6, 6.07) is 1.89. The third-order valence-electron chi connectivity index (χ3n) is 5.00. The van der Waals surface area contributed by atoms with Crippen LogP contribution in [0.4, 0.5) is 0 Å². The van der Waals surface area contributed by atoms with Gasteiger partial charge < -0.3 is 18.8 Å².